The monoisotopic (exact) mass is 315 g/mol. The van der Waals surface area contributed by atoms with Gasteiger partial charge in [-0.25, -0.2) is 15.0 Å². The highest BCUT2D eigenvalue weighted by molar-refractivity contribution is 5.89. The Balaban J connectivity index is 1.79. The van der Waals surface area contributed by atoms with Crippen molar-refractivity contribution in [3.63, 3.8) is 0 Å². The third-order valence-electron chi connectivity index (χ3n) is 4.29. The number of ether oxygens (including phenoxy) is 1. The molecular weight excluding hydrogens is 290 g/mol. The van der Waals surface area contributed by atoms with Crippen LogP contribution >= 0.6 is 0 Å². The summed E-state index contributed by atoms with van der Waals surface area (Å²) in [5.74, 6) is 1.51. The molecule has 1 aliphatic carbocycles. The molecule has 6 nitrogen and oxygen atoms in total. The zero-order valence-electron chi connectivity index (χ0n) is 13.7. The molecule has 0 radical (unpaired) electrons. The zero-order valence-corrected chi connectivity index (χ0v) is 13.7. The summed E-state index contributed by atoms with van der Waals surface area (Å²) in [4.78, 5) is 13.1. The van der Waals surface area contributed by atoms with Gasteiger partial charge in [-0.15, -0.1) is 0 Å². The van der Waals surface area contributed by atoms with Crippen molar-refractivity contribution in [1.82, 2.24) is 20.3 Å². The van der Waals surface area contributed by atoms with E-state index in [2.05, 4.69) is 25.6 Å². The molecule has 1 saturated carbocycles. The van der Waals surface area contributed by atoms with E-state index in [1.807, 2.05) is 13.1 Å². The minimum atomic E-state index is 0.498. The quantitative estimate of drug-likeness (QED) is 0.631. The highest BCUT2D eigenvalue weighted by atomic mass is 16.5. The molecule has 2 aromatic rings. The Morgan fingerprint density at radius 1 is 1.13 bits per heavy atom. The lowest BCUT2D eigenvalue weighted by Gasteiger charge is -2.18. The normalized spacial score (nSPS) is 16.2. The van der Waals surface area contributed by atoms with Crippen LogP contribution in [0.4, 0.5) is 5.82 Å². The van der Waals surface area contributed by atoms with Gasteiger partial charge in [0.05, 0.1) is 11.7 Å². The zero-order chi connectivity index (χ0) is 15.9. The summed E-state index contributed by atoms with van der Waals surface area (Å²) in [7, 11) is 1.90. The molecule has 6 heteroatoms. The molecule has 0 unspecified atom stereocenters. The van der Waals surface area contributed by atoms with Gasteiger partial charge in [0.25, 0.3) is 0 Å². The molecule has 1 aliphatic rings. The Hall–Kier alpha value is -1.95. The van der Waals surface area contributed by atoms with Crippen molar-refractivity contribution in [2.45, 2.75) is 44.6 Å². The van der Waals surface area contributed by atoms with E-state index in [4.69, 9.17) is 4.74 Å². The highest BCUT2D eigenvalue weighted by Crippen LogP contribution is 2.26. The number of nitrogens with one attached hydrogen (secondary N) is 2. The maximum atomic E-state index is 5.66. The minimum absolute atomic E-state index is 0.498. The van der Waals surface area contributed by atoms with Gasteiger partial charge < -0.3 is 15.4 Å². The first-order chi connectivity index (χ1) is 11.4. The first-order valence-corrected chi connectivity index (χ1v) is 8.51. The summed E-state index contributed by atoms with van der Waals surface area (Å²) in [5.41, 5.74) is 0.845. The number of hydrogen-bond donors (Lipinski definition) is 2. The molecule has 0 bridgehead atoms. The van der Waals surface area contributed by atoms with Crippen LogP contribution in [0.5, 0.6) is 5.88 Å². The second-order valence-corrected chi connectivity index (χ2v) is 6.05. The van der Waals surface area contributed by atoms with Gasteiger partial charge in [0.15, 0.2) is 0 Å². The lowest BCUT2D eigenvalue weighted by atomic mass is 10.1. The smallest absolute Gasteiger partial charge is 0.214 e. The van der Waals surface area contributed by atoms with Gasteiger partial charge >= 0.3 is 0 Å². The summed E-state index contributed by atoms with van der Waals surface area (Å²) in [5, 5.41) is 7.65. The summed E-state index contributed by atoms with van der Waals surface area (Å²) < 4.78 is 5.66. The number of hydrogen-bond acceptors (Lipinski definition) is 6. The third kappa shape index (κ3) is 4.28. The van der Waals surface area contributed by atoms with E-state index in [1.165, 1.54) is 38.5 Å². The van der Waals surface area contributed by atoms with E-state index in [-0.39, 0.29) is 0 Å². The number of pyridine rings is 1. The van der Waals surface area contributed by atoms with Gasteiger partial charge in [0, 0.05) is 24.0 Å². The Morgan fingerprint density at radius 3 is 2.74 bits per heavy atom. The van der Waals surface area contributed by atoms with Crippen molar-refractivity contribution < 1.29 is 4.74 Å². The lowest BCUT2D eigenvalue weighted by Crippen LogP contribution is -2.19. The van der Waals surface area contributed by atoms with Crippen LogP contribution in [0.1, 0.15) is 38.5 Å². The van der Waals surface area contributed by atoms with Crippen molar-refractivity contribution >= 4 is 16.7 Å². The number of nitrogens with zero attached hydrogens (tertiary/aromatic N) is 3. The molecule has 0 aliphatic heterocycles. The molecule has 2 heterocycles. The third-order valence-corrected chi connectivity index (χ3v) is 4.29. The predicted octanol–water partition coefficient (Wildman–Crippen LogP) is 2.76. The van der Waals surface area contributed by atoms with Crippen LogP contribution in [-0.2, 0) is 0 Å². The summed E-state index contributed by atoms with van der Waals surface area (Å²) >= 11 is 0. The Bertz CT molecular complexity index is 625. The second kappa shape index (κ2) is 8.06. The van der Waals surface area contributed by atoms with Crippen molar-refractivity contribution in [3.05, 3.63) is 18.6 Å². The topological polar surface area (TPSA) is 72.0 Å². The molecule has 124 valence electrons. The maximum Gasteiger partial charge on any atom is 0.214 e. The Morgan fingerprint density at radius 2 is 1.96 bits per heavy atom. The van der Waals surface area contributed by atoms with Gasteiger partial charge in [-0.1, -0.05) is 25.7 Å². The second-order valence-electron chi connectivity index (χ2n) is 6.05. The summed E-state index contributed by atoms with van der Waals surface area (Å²) in [6, 6.07) is 2.43. The van der Waals surface area contributed by atoms with E-state index in [9.17, 15) is 0 Å². The molecule has 2 N–H and O–H groups in total. The van der Waals surface area contributed by atoms with Crippen molar-refractivity contribution in [2.24, 2.45) is 0 Å². The largest absolute Gasteiger partial charge is 0.476 e. The lowest BCUT2D eigenvalue weighted by molar-refractivity contribution is 0.307. The average molecular weight is 315 g/mol. The van der Waals surface area contributed by atoms with E-state index in [1.54, 1.807) is 12.5 Å². The molecule has 0 saturated heterocycles. The van der Waals surface area contributed by atoms with Crippen molar-refractivity contribution in [1.29, 1.82) is 0 Å². The number of anilines is 1. The first-order valence-electron chi connectivity index (χ1n) is 8.51. The predicted molar refractivity (Wildman–Crippen MR) is 91.9 cm³/mol. The maximum absolute atomic E-state index is 5.66. The molecule has 0 atom stereocenters. The highest BCUT2D eigenvalue weighted by Gasteiger charge is 2.14. The van der Waals surface area contributed by atoms with Gasteiger partial charge in [0.1, 0.15) is 18.8 Å². The molecule has 0 aromatic carbocycles. The molecule has 23 heavy (non-hydrogen) atoms. The van der Waals surface area contributed by atoms with Crippen molar-refractivity contribution in [3.8, 4) is 5.88 Å². The Labute approximate surface area is 137 Å². The SMILES string of the molecule is CNCCOc1cc2c(NC3CCCCCC3)ncnc2cn1. The van der Waals surface area contributed by atoms with Crippen LogP contribution in [0.3, 0.4) is 0 Å². The minimum Gasteiger partial charge on any atom is -0.476 e. The standard InChI is InChI=1S/C17H25N5O/c1-18-8-9-23-16-10-14-15(11-19-16)20-12-21-17(14)22-13-6-4-2-3-5-7-13/h10-13,18H,2-9H2,1H3,(H,20,21,22). The van der Waals surface area contributed by atoms with Crippen LogP contribution in [0.15, 0.2) is 18.6 Å². The van der Waals surface area contributed by atoms with Gasteiger partial charge in [-0.3, -0.25) is 0 Å². The fraction of sp³-hybridized carbons (Fsp3) is 0.588. The van der Waals surface area contributed by atoms with E-state index < -0.39 is 0 Å². The van der Waals surface area contributed by atoms with Crippen LogP contribution in [0.2, 0.25) is 0 Å². The number of fused-ring (bicyclic) bond motifs is 1. The van der Waals surface area contributed by atoms with E-state index >= 15 is 0 Å². The fourth-order valence-corrected chi connectivity index (χ4v) is 3.01. The fourth-order valence-electron chi connectivity index (χ4n) is 3.01. The molecule has 2 aromatic heterocycles. The number of likely N-dealkylation sites (N-methyl/N-ethyl adjacent to an activating group) is 1. The first kappa shape index (κ1) is 15.9. The molecule has 3 rings (SSSR count). The molecule has 0 amide bonds. The summed E-state index contributed by atoms with van der Waals surface area (Å²) in [6.07, 6.45) is 11.0. The van der Waals surface area contributed by atoms with Gasteiger partial charge in [-0.05, 0) is 19.9 Å². The van der Waals surface area contributed by atoms with Crippen LogP contribution in [0, 0.1) is 0 Å². The van der Waals surface area contributed by atoms with Crippen LogP contribution in [-0.4, -0.2) is 41.2 Å². The average Bonchev–Trinajstić information content (AvgIpc) is 2.84. The number of rotatable bonds is 6. The van der Waals surface area contributed by atoms with E-state index in [0.29, 0.717) is 18.5 Å². The Kier molecular flexibility index (Phi) is 5.58. The van der Waals surface area contributed by atoms with E-state index in [0.717, 1.165) is 23.3 Å². The number of aromatic nitrogens is 3. The van der Waals surface area contributed by atoms with Crippen molar-refractivity contribution in [2.75, 3.05) is 25.5 Å². The van der Waals surface area contributed by atoms with Gasteiger partial charge in [-0.2, -0.15) is 0 Å². The molecule has 1 fully saturated rings. The van der Waals surface area contributed by atoms with Crippen LogP contribution in [0.25, 0.3) is 10.9 Å². The molecule has 0 spiro atoms. The molecular formula is C17H25N5O. The van der Waals surface area contributed by atoms with Crippen LogP contribution < -0.4 is 15.4 Å². The van der Waals surface area contributed by atoms with Gasteiger partial charge in [0.2, 0.25) is 5.88 Å². The summed E-state index contributed by atoms with van der Waals surface area (Å²) in [6.45, 7) is 1.38.